The number of rotatable bonds is 5. The van der Waals surface area contributed by atoms with E-state index in [0.29, 0.717) is 16.3 Å². The lowest BCUT2D eigenvalue weighted by Crippen LogP contribution is -2.42. The molecule has 3 aromatic rings. The number of nitrogens with zero attached hydrogens (tertiary/aromatic N) is 2. The van der Waals surface area contributed by atoms with Gasteiger partial charge in [-0.15, -0.1) is 0 Å². The highest BCUT2D eigenvalue weighted by Crippen LogP contribution is 2.12. The standard InChI is InChI=1S/C19H15ClFN3O3/c20-14-2-1-3-16(10-14)24-9-8-23(18(26)19(24)27)12-17(25)22-11-13-4-6-15(21)7-5-13/h1-10H,11-12H2,(H,22,25). The highest BCUT2D eigenvalue weighted by molar-refractivity contribution is 6.30. The maximum atomic E-state index is 12.9. The second-order valence-electron chi connectivity index (χ2n) is 5.79. The summed E-state index contributed by atoms with van der Waals surface area (Å²) >= 11 is 5.91. The summed E-state index contributed by atoms with van der Waals surface area (Å²) in [6.07, 6.45) is 2.77. The molecule has 0 fully saturated rings. The summed E-state index contributed by atoms with van der Waals surface area (Å²) in [5.74, 6) is -0.807. The van der Waals surface area contributed by atoms with Crippen molar-refractivity contribution >= 4 is 17.5 Å². The summed E-state index contributed by atoms with van der Waals surface area (Å²) in [4.78, 5) is 36.6. The first-order valence-corrected chi connectivity index (χ1v) is 8.41. The predicted octanol–water partition coefficient (Wildman–Crippen LogP) is 2.11. The van der Waals surface area contributed by atoms with Crippen molar-refractivity contribution in [2.24, 2.45) is 0 Å². The number of hydrogen-bond acceptors (Lipinski definition) is 3. The minimum atomic E-state index is -0.825. The molecule has 1 heterocycles. The molecular weight excluding hydrogens is 373 g/mol. The third-order valence-corrected chi connectivity index (χ3v) is 4.10. The van der Waals surface area contributed by atoms with Gasteiger partial charge in [-0.2, -0.15) is 0 Å². The van der Waals surface area contributed by atoms with Crippen LogP contribution < -0.4 is 16.4 Å². The van der Waals surface area contributed by atoms with Gasteiger partial charge >= 0.3 is 11.1 Å². The van der Waals surface area contributed by atoms with Crippen molar-refractivity contribution in [2.75, 3.05) is 0 Å². The molecule has 1 amide bonds. The number of hydrogen-bond donors (Lipinski definition) is 1. The van der Waals surface area contributed by atoms with Crippen LogP contribution in [-0.2, 0) is 17.9 Å². The number of carbonyl (C=O) groups is 1. The van der Waals surface area contributed by atoms with Crippen LogP contribution in [0.25, 0.3) is 5.69 Å². The van der Waals surface area contributed by atoms with E-state index in [-0.39, 0.29) is 18.9 Å². The van der Waals surface area contributed by atoms with Crippen LogP contribution in [0.15, 0.2) is 70.5 Å². The van der Waals surface area contributed by atoms with Crippen molar-refractivity contribution in [1.82, 2.24) is 14.5 Å². The molecule has 0 atom stereocenters. The van der Waals surface area contributed by atoms with Crippen molar-refractivity contribution in [2.45, 2.75) is 13.1 Å². The monoisotopic (exact) mass is 387 g/mol. The lowest BCUT2D eigenvalue weighted by molar-refractivity contribution is -0.121. The molecule has 2 aromatic carbocycles. The Labute approximate surface area is 158 Å². The Kier molecular flexibility index (Phi) is 5.52. The van der Waals surface area contributed by atoms with Crippen LogP contribution in [0.5, 0.6) is 0 Å². The summed E-state index contributed by atoms with van der Waals surface area (Å²) in [7, 11) is 0. The van der Waals surface area contributed by atoms with E-state index >= 15 is 0 Å². The van der Waals surface area contributed by atoms with Gasteiger partial charge < -0.3 is 5.32 Å². The molecule has 0 unspecified atom stereocenters. The first kappa shape index (κ1) is 18.6. The molecule has 0 saturated heterocycles. The molecule has 0 aliphatic carbocycles. The van der Waals surface area contributed by atoms with Crippen LogP contribution in [0.2, 0.25) is 5.02 Å². The lowest BCUT2D eigenvalue weighted by atomic mass is 10.2. The first-order chi connectivity index (χ1) is 12.9. The summed E-state index contributed by atoms with van der Waals surface area (Å²) in [5, 5.41) is 3.05. The zero-order valence-corrected chi connectivity index (χ0v) is 14.8. The van der Waals surface area contributed by atoms with E-state index in [2.05, 4.69) is 5.32 Å². The Balaban J connectivity index is 1.73. The molecule has 0 aliphatic rings. The Hall–Kier alpha value is -3.19. The maximum Gasteiger partial charge on any atom is 0.320 e. The molecular formula is C19H15ClFN3O3. The normalized spacial score (nSPS) is 10.6. The van der Waals surface area contributed by atoms with Crippen LogP contribution in [0.1, 0.15) is 5.56 Å². The molecule has 0 radical (unpaired) electrons. The van der Waals surface area contributed by atoms with Crippen molar-refractivity contribution in [3.8, 4) is 5.69 Å². The van der Waals surface area contributed by atoms with Crippen molar-refractivity contribution in [1.29, 1.82) is 0 Å². The molecule has 1 aromatic heterocycles. The number of aromatic nitrogens is 2. The SMILES string of the molecule is O=C(Cn1ccn(-c2cccc(Cl)c2)c(=O)c1=O)NCc1ccc(F)cc1. The van der Waals surface area contributed by atoms with Gasteiger partial charge in [-0.3, -0.25) is 23.5 Å². The molecule has 3 rings (SSSR count). The summed E-state index contributed by atoms with van der Waals surface area (Å²) < 4.78 is 15.1. The fraction of sp³-hybridized carbons (Fsp3) is 0.105. The molecule has 8 heteroatoms. The molecule has 0 bridgehead atoms. The quantitative estimate of drug-likeness (QED) is 0.681. The van der Waals surface area contributed by atoms with Crippen LogP contribution in [-0.4, -0.2) is 15.0 Å². The third-order valence-electron chi connectivity index (χ3n) is 3.86. The summed E-state index contributed by atoms with van der Waals surface area (Å²) in [6, 6.07) is 12.2. The molecule has 0 aliphatic heterocycles. The Bertz CT molecular complexity index is 1090. The number of benzene rings is 2. The topological polar surface area (TPSA) is 73.1 Å². The van der Waals surface area contributed by atoms with E-state index in [1.54, 1.807) is 36.4 Å². The molecule has 6 nitrogen and oxygen atoms in total. The highest BCUT2D eigenvalue weighted by Gasteiger charge is 2.10. The smallest absolute Gasteiger partial charge is 0.320 e. The maximum absolute atomic E-state index is 12.9. The first-order valence-electron chi connectivity index (χ1n) is 8.03. The minimum Gasteiger partial charge on any atom is -0.350 e. The van der Waals surface area contributed by atoms with E-state index in [4.69, 9.17) is 11.6 Å². The third kappa shape index (κ3) is 4.51. The number of halogens is 2. The molecule has 138 valence electrons. The number of carbonyl (C=O) groups excluding carboxylic acids is 1. The fourth-order valence-electron chi connectivity index (χ4n) is 2.48. The van der Waals surface area contributed by atoms with Crippen LogP contribution in [0, 0.1) is 5.82 Å². The number of amides is 1. The van der Waals surface area contributed by atoms with Gasteiger partial charge in [0.15, 0.2) is 0 Å². The van der Waals surface area contributed by atoms with Gasteiger partial charge in [-0.25, -0.2) is 4.39 Å². The van der Waals surface area contributed by atoms with Gasteiger partial charge in [0.25, 0.3) is 0 Å². The molecule has 27 heavy (non-hydrogen) atoms. The van der Waals surface area contributed by atoms with Gasteiger partial charge in [-0.1, -0.05) is 29.8 Å². The van der Waals surface area contributed by atoms with E-state index in [1.807, 2.05) is 0 Å². The Morgan fingerprint density at radius 1 is 1.04 bits per heavy atom. The zero-order valence-electron chi connectivity index (χ0n) is 14.1. The second kappa shape index (κ2) is 8.01. The van der Waals surface area contributed by atoms with Gasteiger partial charge in [0.1, 0.15) is 12.4 Å². The van der Waals surface area contributed by atoms with Crippen LogP contribution in [0.4, 0.5) is 4.39 Å². The van der Waals surface area contributed by atoms with Crippen molar-refractivity contribution < 1.29 is 9.18 Å². The van der Waals surface area contributed by atoms with E-state index < -0.39 is 17.0 Å². The summed E-state index contributed by atoms with van der Waals surface area (Å²) in [5.41, 5.74) is -0.438. The molecule has 0 spiro atoms. The Morgan fingerprint density at radius 3 is 2.48 bits per heavy atom. The predicted molar refractivity (Wildman–Crippen MR) is 99.6 cm³/mol. The van der Waals surface area contributed by atoms with Crippen LogP contribution in [0.3, 0.4) is 0 Å². The second-order valence-corrected chi connectivity index (χ2v) is 6.23. The van der Waals surface area contributed by atoms with Gasteiger partial charge in [0.2, 0.25) is 5.91 Å². The fourth-order valence-corrected chi connectivity index (χ4v) is 2.66. The molecule has 0 saturated carbocycles. The van der Waals surface area contributed by atoms with Gasteiger partial charge in [0.05, 0.1) is 5.69 Å². The Morgan fingerprint density at radius 2 is 1.78 bits per heavy atom. The largest absolute Gasteiger partial charge is 0.350 e. The molecule has 1 N–H and O–H groups in total. The summed E-state index contributed by atoms with van der Waals surface area (Å²) in [6.45, 7) is -0.112. The van der Waals surface area contributed by atoms with E-state index in [1.165, 1.54) is 29.1 Å². The average molecular weight is 388 g/mol. The zero-order chi connectivity index (χ0) is 19.4. The van der Waals surface area contributed by atoms with E-state index in [9.17, 15) is 18.8 Å². The van der Waals surface area contributed by atoms with Crippen molar-refractivity contribution in [3.63, 3.8) is 0 Å². The number of nitrogens with one attached hydrogen (secondary N) is 1. The van der Waals surface area contributed by atoms with Crippen LogP contribution >= 0.6 is 11.6 Å². The minimum absolute atomic E-state index is 0.188. The van der Waals surface area contributed by atoms with Gasteiger partial charge in [-0.05, 0) is 35.9 Å². The van der Waals surface area contributed by atoms with Crippen molar-refractivity contribution in [3.05, 3.63) is 98.0 Å². The van der Waals surface area contributed by atoms with E-state index in [0.717, 1.165) is 4.57 Å². The lowest BCUT2D eigenvalue weighted by Gasteiger charge is -2.10. The highest BCUT2D eigenvalue weighted by atomic mass is 35.5. The average Bonchev–Trinajstić information content (AvgIpc) is 2.65. The van der Waals surface area contributed by atoms with Gasteiger partial charge in [0, 0.05) is 24.0 Å².